The molecule has 0 bridgehead atoms. The number of nitrogens with zero attached hydrogens (tertiary/aromatic N) is 1. The van der Waals surface area contributed by atoms with E-state index in [0.29, 0.717) is 4.88 Å². The minimum atomic E-state index is -0.195. The number of likely N-dealkylation sites (N-methyl/N-ethyl adjacent to an activating group) is 1. The molecule has 2 aromatic carbocycles. The second kappa shape index (κ2) is 7.61. The van der Waals surface area contributed by atoms with Crippen LogP contribution in [0.15, 0.2) is 42.5 Å². The van der Waals surface area contributed by atoms with Gasteiger partial charge in [0.2, 0.25) is 5.91 Å². The Balaban J connectivity index is 1.49. The average Bonchev–Trinajstić information content (AvgIpc) is 3.22. The molecule has 4 aromatic rings. The highest BCUT2D eigenvalue weighted by Crippen LogP contribution is 2.39. The van der Waals surface area contributed by atoms with Crippen LogP contribution in [-0.4, -0.2) is 30.3 Å². The normalized spacial score (nSPS) is 11.2. The molecule has 29 heavy (non-hydrogen) atoms. The molecule has 0 aliphatic rings. The molecule has 2 aromatic heterocycles. The first kappa shape index (κ1) is 19.6. The molecule has 6 heteroatoms. The van der Waals surface area contributed by atoms with E-state index in [-0.39, 0.29) is 18.4 Å². The van der Waals surface area contributed by atoms with Crippen LogP contribution in [-0.2, 0) is 4.79 Å². The van der Waals surface area contributed by atoms with Crippen LogP contribution in [0.5, 0.6) is 0 Å². The van der Waals surface area contributed by atoms with Gasteiger partial charge in [0.05, 0.1) is 16.1 Å². The number of fused-ring (bicyclic) bond motifs is 3. The van der Waals surface area contributed by atoms with E-state index in [1.54, 1.807) is 18.4 Å². The molecular formula is C23H22N2O2S2. The molecule has 1 N–H and O–H groups in total. The summed E-state index contributed by atoms with van der Waals surface area (Å²) in [7, 11) is 1.67. The predicted molar refractivity (Wildman–Crippen MR) is 123 cm³/mol. The Kier molecular flexibility index (Phi) is 5.15. The summed E-state index contributed by atoms with van der Waals surface area (Å²) in [6.45, 7) is 6.01. The van der Waals surface area contributed by atoms with Crippen LogP contribution >= 0.6 is 22.7 Å². The summed E-state index contributed by atoms with van der Waals surface area (Å²) in [5, 5.41) is 4.14. The molecule has 0 aliphatic heterocycles. The fourth-order valence-electron chi connectivity index (χ4n) is 3.64. The zero-order valence-corrected chi connectivity index (χ0v) is 18.5. The SMILES string of the molecule is Cc1cc(C)c(NC(=O)CN(C)C(=O)c2cc3sc4ccccc4c3s2)c(C)c1. The molecule has 4 nitrogen and oxygen atoms in total. The number of carbonyl (C=O) groups is 2. The van der Waals surface area contributed by atoms with Crippen LogP contribution in [0.25, 0.3) is 19.5 Å². The first-order valence-corrected chi connectivity index (χ1v) is 11.0. The van der Waals surface area contributed by atoms with Crippen molar-refractivity contribution in [3.05, 3.63) is 64.0 Å². The van der Waals surface area contributed by atoms with Gasteiger partial charge in [-0.3, -0.25) is 9.59 Å². The number of carbonyl (C=O) groups excluding carboxylic acids is 2. The maximum absolute atomic E-state index is 12.9. The molecule has 4 rings (SSSR count). The summed E-state index contributed by atoms with van der Waals surface area (Å²) in [5.41, 5.74) is 4.03. The lowest BCUT2D eigenvalue weighted by Crippen LogP contribution is -2.34. The fourth-order valence-corrected chi connectivity index (χ4v) is 6.16. The van der Waals surface area contributed by atoms with Crippen LogP contribution in [0.2, 0.25) is 0 Å². The number of hydrogen-bond acceptors (Lipinski definition) is 4. The highest BCUT2D eigenvalue weighted by molar-refractivity contribution is 7.33. The largest absolute Gasteiger partial charge is 0.332 e. The molecule has 0 saturated carbocycles. The zero-order chi connectivity index (χ0) is 20.7. The summed E-state index contributed by atoms with van der Waals surface area (Å²) in [6, 6.07) is 14.2. The van der Waals surface area contributed by atoms with E-state index < -0.39 is 0 Å². The van der Waals surface area contributed by atoms with E-state index in [2.05, 4.69) is 17.4 Å². The van der Waals surface area contributed by atoms with E-state index in [4.69, 9.17) is 0 Å². The van der Waals surface area contributed by atoms with Crippen molar-refractivity contribution in [2.45, 2.75) is 20.8 Å². The summed E-state index contributed by atoms with van der Waals surface area (Å²) in [5.74, 6) is -0.324. The van der Waals surface area contributed by atoms with Gasteiger partial charge in [0.1, 0.15) is 0 Å². The molecular weight excluding hydrogens is 400 g/mol. The topological polar surface area (TPSA) is 49.4 Å². The number of amides is 2. The highest BCUT2D eigenvalue weighted by Gasteiger charge is 2.20. The third-order valence-corrected chi connectivity index (χ3v) is 7.33. The Morgan fingerprint density at radius 3 is 2.38 bits per heavy atom. The van der Waals surface area contributed by atoms with Crippen molar-refractivity contribution >= 4 is 59.7 Å². The van der Waals surface area contributed by atoms with E-state index >= 15 is 0 Å². The monoisotopic (exact) mass is 422 g/mol. The molecule has 0 fully saturated rings. The van der Waals surface area contributed by atoms with Crippen molar-refractivity contribution in [3.8, 4) is 0 Å². The van der Waals surface area contributed by atoms with Crippen molar-refractivity contribution in [2.75, 3.05) is 18.9 Å². The van der Waals surface area contributed by atoms with Crippen molar-refractivity contribution in [1.29, 1.82) is 0 Å². The van der Waals surface area contributed by atoms with E-state index in [0.717, 1.165) is 31.8 Å². The van der Waals surface area contributed by atoms with Gasteiger partial charge in [-0.2, -0.15) is 0 Å². The van der Waals surface area contributed by atoms with E-state index in [1.807, 2.05) is 51.1 Å². The number of rotatable bonds is 4. The molecule has 2 amide bonds. The Labute approximate surface area is 177 Å². The molecule has 0 saturated heterocycles. The zero-order valence-electron chi connectivity index (χ0n) is 16.8. The molecule has 0 aliphatic carbocycles. The van der Waals surface area contributed by atoms with E-state index in [9.17, 15) is 9.59 Å². The highest BCUT2D eigenvalue weighted by atomic mass is 32.1. The molecule has 0 radical (unpaired) electrons. The Hall–Kier alpha value is -2.70. The number of thiophene rings is 2. The first-order chi connectivity index (χ1) is 13.8. The number of anilines is 1. The van der Waals surface area contributed by atoms with E-state index in [1.165, 1.54) is 26.3 Å². The molecule has 0 spiro atoms. The van der Waals surface area contributed by atoms with Crippen LogP contribution in [0, 0.1) is 20.8 Å². The molecule has 0 atom stereocenters. The number of hydrogen-bond donors (Lipinski definition) is 1. The second-order valence-corrected chi connectivity index (χ2v) is 9.52. The van der Waals surface area contributed by atoms with Gasteiger partial charge in [-0.05, 0) is 44.0 Å². The standard InChI is InChI=1S/C23H22N2O2S2/c1-13-9-14(2)21(15(3)10-13)24-20(26)12-25(4)23(27)19-11-18-22(29-19)16-7-5-6-8-17(16)28-18/h5-11H,12H2,1-4H3,(H,24,26). The second-order valence-electron chi connectivity index (χ2n) is 7.39. The Morgan fingerprint density at radius 1 is 0.966 bits per heavy atom. The lowest BCUT2D eigenvalue weighted by atomic mass is 10.1. The number of nitrogens with one attached hydrogen (secondary N) is 1. The number of aryl methyl sites for hydroxylation is 3. The third-order valence-electron chi connectivity index (χ3n) is 4.93. The van der Waals surface area contributed by atoms with Crippen LogP contribution < -0.4 is 5.32 Å². The predicted octanol–water partition coefficient (Wildman–Crippen LogP) is 5.75. The molecule has 148 valence electrons. The summed E-state index contributed by atoms with van der Waals surface area (Å²) in [4.78, 5) is 27.6. The minimum Gasteiger partial charge on any atom is -0.332 e. The van der Waals surface area contributed by atoms with Crippen LogP contribution in [0.4, 0.5) is 5.69 Å². The van der Waals surface area contributed by atoms with Gasteiger partial charge in [0.15, 0.2) is 0 Å². The Bertz CT molecular complexity index is 1230. The Morgan fingerprint density at radius 2 is 1.66 bits per heavy atom. The quantitative estimate of drug-likeness (QED) is 0.455. The van der Waals surface area contributed by atoms with Gasteiger partial charge in [-0.15, -0.1) is 22.7 Å². The van der Waals surface area contributed by atoms with Crippen LogP contribution in [0.1, 0.15) is 26.4 Å². The van der Waals surface area contributed by atoms with Crippen LogP contribution in [0.3, 0.4) is 0 Å². The smallest absolute Gasteiger partial charge is 0.264 e. The van der Waals surface area contributed by atoms with Gasteiger partial charge in [0, 0.05) is 27.5 Å². The molecule has 2 heterocycles. The lowest BCUT2D eigenvalue weighted by Gasteiger charge is -2.18. The minimum absolute atomic E-state index is 0.0118. The van der Waals surface area contributed by atoms with Gasteiger partial charge in [-0.25, -0.2) is 0 Å². The van der Waals surface area contributed by atoms with Crippen molar-refractivity contribution in [3.63, 3.8) is 0 Å². The van der Waals surface area contributed by atoms with Crippen molar-refractivity contribution < 1.29 is 9.59 Å². The van der Waals surface area contributed by atoms with Gasteiger partial charge < -0.3 is 10.2 Å². The van der Waals surface area contributed by atoms with Crippen molar-refractivity contribution in [2.24, 2.45) is 0 Å². The van der Waals surface area contributed by atoms with Gasteiger partial charge in [0.25, 0.3) is 5.91 Å². The summed E-state index contributed by atoms with van der Waals surface area (Å²) < 4.78 is 3.48. The summed E-state index contributed by atoms with van der Waals surface area (Å²) in [6.07, 6.45) is 0. The molecule has 0 unspecified atom stereocenters. The average molecular weight is 423 g/mol. The van der Waals surface area contributed by atoms with Crippen molar-refractivity contribution in [1.82, 2.24) is 4.90 Å². The van der Waals surface area contributed by atoms with Gasteiger partial charge in [-0.1, -0.05) is 35.9 Å². The summed E-state index contributed by atoms with van der Waals surface area (Å²) >= 11 is 3.19. The fraction of sp³-hybridized carbons (Fsp3) is 0.217. The third kappa shape index (κ3) is 3.78. The lowest BCUT2D eigenvalue weighted by molar-refractivity contribution is -0.116. The maximum atomic E-state index is 12.9. The maximum Gasteiger partial charge on any atom is 0.264 e. The van der Waals surface area contributed by atoms with Gasteiger partial charge >= 0.3 is 0 Å². The first-order valence-electron chi connectivity index (χ1n) is 9.37. The number of benzene rings is 2.